The number of rotatable bonds is 3. The lowest BCUT2D eigenvalue weighted by atomic mass is 10.0. The highest BCUT2D eigenvalue weighted by atomic mass is 15.1. The molecule has 1 atom stereocenters. The van der Waals surface area contributed by atoms with Gasteiger partial charge in [0, 0.05) is 25.3 Å². The molecule has 0 spiro atoms. The first-order valence-corrected chi connectivity index (χ1v) is 7.43. The molecular weight excluding hydrogens is 220 g/mol. The van der Waals surface area contributed by atoms with Crippen LogP contribution in [0.2, 0.25) is 0 Å². The van der Waals surface area contributed by atoms with Crippen molar-refractivity contribution in [1.29, 1.82) is 0 Å². The van der Waals surface area contributed by atoms with Gasteiger partial charge < -0.3 is 5.32 Å². The molecule has 2 heteroatoms. The van der Waals surface area contributed by atoms with E-state index in [0.29, 0.717) is 0 Å². The average Bonchev–Trinajstić information content (AvgIpc) is 2.86. The Labute approximate surface area is 110 Å². The summed E-state index contributed by atoms with van der Waals surface area (Å²) in [5.74, 6) is 0.935. The molecule has 0 radical (unpaired) electrons. The van der Waals surface area contributed by atoms with Gasteiger partial charge in [-0.05, 0) is 48.9 Å². The Morgan fingerprint density at radius 1 is 1.39 bits per heavy atom. The van der Waals surface area contributed by atoms with Crippen LogP contribution in [-0.4, -0.2) is 24.5 Å². The molecule has 1 saturated heterocycles. The molecule has 1 aromatic carbocycles. The van der Waals surface area contributed by atoms with Gasteiger partial charge in [0.05, 0.1) is 0 Å². The summed E-state index contributed by atoms with van der Waals surface area (Å²) >= 11 is 0. The number of nitrogens with one attached hydrogen (secondary N) is 1. The Bertz CT molecular complexity index is 414. The number of fused-ring (bicyclic) bond motifs is 1. The van der Waals surface area contributed by atoms with Crippen molar-refractivity contribution < 1.29 is 0 Å². The maximum atomic E-state index is 3.49. The zero-order valence-electron chi connectivity index (χ0n) is 11.4. The van der Waals surface area contributed by atoms with Crippen LogP contribution in [0, 0.1) is 5.92 Å². The lowest BCUT2D eigenvalue weighted by molar-refractivity contribution is 0.315. The van der Waals surface area contributed by atoms with Gasteiger partial charge >= 0.3 is 0 Å². The van der Waals surface area contributed by atoms with E-state index in [1.165, 1.54) is 55.6 Å². The first kappa shape index (κ1) is 12.0. The highest BCUT2D eigenvalue weighted by Gasteiger charge is 2.21. The second-order valence-corrected chi connectivity index (χ2v) is 5.82. The van der Waals surface area contributed by atoms with Crippen molar-refractivity contribution in [3.63, 3.8) is 0 Å². The van der Waals surface area contributed by atoms with Crippen LogP contribution < -0.4 is 5.32 Å². The van der Waals surface area contributed by atoms with E-state index in [9.17, 15) is 0 Å². The van der Waals surface area contributed by atoms with Crippen molar-refractivity contribution in [2.75, 3.05) is 25.0 Å². The third-order valence-corrected chi connectivity index (χ3v) is 4.46. The van der Waals surface area contributed by atoms with E-state index in [2.05, 4.69) is 35.3 Å². The van der Waals surface area contributed by atoms with Gasteiger partial charge in [-0.2, -0.15) is 0 Å². The van der Waals surface area contributed by atoms with E-state index in [4.69, 9.17) is 0 Å². The fourth-order valence-corrected chi connectivity index (χ4v) is 3.27. The number of anilines is 1. The van der Waals surface area contributed by atoms with Crippen molar-refractivity contribution in [2.24, 2.45) is 5.92 Å². The smallest absolute Gasteiger partial charge is 0.0372 e. The molecule has 2 heterocycles. The Morgan fingerprint density at radius 3 is 3.17 bits per heavy atom. The Hall–Kier alpha value is -1.02. The lowest BCUT2D eigenvalue weighted by Crippen LogP contribution is -2.20. The van der Waals surface area contributed by atoms with Crippen molar-refractivity contribution >= 4 is 5.69 Å². The topological polar surface area (TPSA) is 15.3 Å². The molecule has 0 bridgehead atoms. The number of benzene rings is 1. The monoisotopic (exact) mass is 244 g/mol. The molecule has 18 heavy (non-hydrogen) atoms. The summed E-state index contributed by atoms with van der Waals surface area (Å²) < 4.78 is 0. The molecule has 3 rings (SSSR count). The first-order chi connectivity index (χ1) is 8.85. The zero-order valence-corrected chi connectivity index (χ0v) is 11.4. The molecule has 2 aliphatic heterocycles. The number of nitrogens with zero attached hydrogens (tertiary/aromatic N) is 1. The summed E-state index contributed by atoms with van der Waals surface area (Å²) in [6.45, 7) is 7.18. The third-order valence-electron chi connectivity index (χ3n) is 4.46. The Kier molecular flexibility index (Phi) is 3.55. The number of hydrogen-bond donors (Lipinski definition) is 1. The molecular formula is C16H24N2. The Morgan fingerprint density at radius 2 is 2.33 bits per heavy atom. The standard InChI is InChI=1S/C16H24N2/c1-2-13-7-9-18(11-13)12-14-5-6-16-15(10-14)4-3-8-17-16/h5-6,10,13,17H,2-4,7-9,11-12H2,1H3. The minimum absolute atomic E-state index is 0.935. The van der Waals surface area contributed by atoms with Crippen molar-refractivity contribution in [2.45, 2.75) is 39.2 Å². The maximum absolute atomic E-state index is 3.49. The number of likely N-dealkylation sites (tertiary alicyclic amines) is 1. The summed E-state index contributed by atoms with van der Waals surface area (Å²) in [6.07, 6.45) is 5.25. The van der Waals surface area contributed by atoms with Gasteiger partial charge in [-0.3, -0.25) is 4.90 Å². The van der Waals surface area contributed by atoms with Crippen molar-refractivity contribution in [3.8, 4) is 0 Å². The largest absolute Gasteiger partial charge is 0.385 e. The highest BCUT2D eigenvalue weighted by Crippen LogP contribution is 2.25. The van der Waals surface area contributed by atoms with Crippen LogP contribution in [0.1, 0.15) is 37.3 Å². The summed E-state index contributed by atoms with van der Waals surface area (Å²) in [4.78, 5) is 2.62. The van der Waals surface area contributed by atoms with Crippen LogP contribution >= 0.6 is 0 Å². The molecule has 1 unspecified atom stereocenters. The predicted octanol–water partition coefficient (Wildman–Crippen LogP) is 3.28. The zero-order chi connectivity index (χ0) is 12.4. The van der Waals surface area contributed by atoms with Crippen LogP contribution in [0.3, 0.4) is 0 Å². The molecule has 0 amide bonds. The second kappa shape index (κ2) is 5.31. The van der Waals surface area contributed by atoms with Gasteiger partial charge in [0.1, 0.15) is 0 Å². The average molecular weight is 244 g/mol. The number of aryl methyl sites for hydroxylation is 1. The van der Waals surface area contributed by atoms with Gasteiger partial charge in [-0.25, -0.2) is 0 Å². The normalized spacial score (nSPS) is 23.7. The summed E-state index contributed by atoms with van der Waals surface area (Å²) in [5.41, 5.74) is 4.37. The minimum atomic E-state index is 0.935. The van der Waals surface area contributed by atoms with Gasteiger partial charge in [-0.1, -0.05) is 25.5 Å². The van der Waals surface area contributed by atoms with Gasteiger partial charge in [0.15, 0.2) is 0 Å². The van der Waals surface area contributed by atoms with Gasteiger partial charge in [0.25, 0.3) is 0 Å². The fraction of sp³-hybridized carbons (Fsp3) is 0.625. The van der Waals surface area contributed by atoms with Crippen molar-refractivity contribution in [3.05, 3.63) is 29.3 Å². The molecule has 1 fully saturated rings. The maximum Gasteiger partial charge on any atom is 0.0372 e. The molecule has 2 nitrogen and oxygen atoms in total. The van der Waals surface area contributed by atoms with E-state index in [1.54, 1.807) is 0 Å². The fourth-order valence-electron chi connectivity index (χ4n) is 3.27. The summed E-state index contributed by atoms with van der Waals surface area (Å²) in [7, 11) is 0. The highest BCUT2D eigenvalue weighted by molar-refractivity contribution is 5.54. The minimum Gasteiger partial charge on any atom is -0.385 e. The number of hydrogen-bond acceptors (Lipinski definition) is 2. The molecule has 0 aromatic heterocycles. The molecule has 0 aliphatic carbocycles. The van der Waals surface area contributed by atoms with Crippen LogP contribution in [0.5, 0.6) is 0 Å². The quantitative estimate of drug-likeness (QED) is 0.878. The van der Waals surface area contributed by atoms with E-state index in [0.717, 1.165) is 19.0 Å². The third kappa shape index (κ3) is 2.54. The van der Waals surface area contributed by atoms with E-state index in [-0.39, 0.29) is 0 Å². The van der Waals surface area contributed by atoms with Gasteiger partial charge in [0.2, 0.25) is 0 Å². The van der Waals surface area contributed by atoms with Gasteiger partial charge in [-0.15, -0.1) is 0 Å². The molecule has 1 N–H and O–H groups in total. The van der Waals surface area contributed by atoms with Crippen LogP contribution in [0.15, 0.2) is 18.2 Å². The second-order valence-electron chi connectivity index (χ2n) is 5.82. The van der Waals surface area contributed by atoms with E-state index < -0.39 is 0 Å². The predicted molar refractivity (Wildman–Crippen MR) is 76.9 cm³/mol. The van der Waals surface area contributed by atoms with Crippen LogP contribution in [-0.2, 0) is 13.0 Å². The summed E-state index contributed by atoms with van der Waals surface area (Å²) in [6, 6.07) is 6.99. The molecule has 0 saturated carbocycles. The summed E-state index contributed by atoms with van der Waals surface area (Å²) in [5, 5.41) is 3.49. The Balaban J connectivity index is 1.66. The SMILES string of the molecule is CCC1CCN(Cc2ccc3c(c2)CCCN3)C1. The molecule has 98 valence electrons. The molecule has 2 aliphatic rings. The van der Waals surface area contributed by atoms with Crippen molar-refractivity contribution in [1.82, 2.24) is 4.90 Å². The van der Waals surface area contributed by atoms with Crippen LogP contribution in [0.25, 0.3) is 0 Å². The molecule has 1 aromatic rings. The lowest BCUT2D eigenvalue weighted by Gasteiger charge is -2.21. The first-order valence-electron chi connectivity index (χ1n) is 7.43. The van der Waals surface area contributed by atoms with E-state index >= 15 is 0 Å². The van der Waals surface area contributed by atoms with E-state index in [1.807, 2.05) is 0 Å². The van der Waals surface area contributed by atoms with Crippen LogP contribution in [0.4, 0.5) is 5.69 Å².